The van der Waals surface area contributed by atoms with E-state index >= 15 is 0 Å². The molecule has 2 aliphatic heterocycles. The Morgan fingerprint density at radius 3 is 2.33 bits per heavy atom. The van der Waals surface area contributed by atoms with Gasteiger partial charge in [-0.05, 0) is 74.7 Å². The van der Waals surface area contributed by atoms with Crippen LogP contribution in [0.2, 0.25) is 10.0 Å². The minimum atomic E-state index is -3.76. The van der Waals surface area contributed by atoms with Gasteiger partial charge in [-0.15, -0.1) is 9.50 Å². The second-order valence-corrected chi connectivity index (χ2v) is 12.6. The topological polar surface area (TPSA) is 65.8 Å². The summed E-state index contributed by atoms with van der Waals surface area (Å²) in [5.74, 6) is 0. The van der Waals surface area contributed by atoms with Crippen molar-refractivity contribution in [2.75, 3.05) is 17.8 Å². The lowest BCUT2D eigenvalue weighted by Crippen LogP contribution is -2.18. The van der Waals surface area contributed by atoms with Gasteiger partial charge in [0.05, 0.1) is 27.1 Å². The zero-order chi connectivity index (χ0) is 23.4. The third-order valence-electron chi connectivity index (χ3n) is 6.44. The Labute approximate surface area is 204 Å². The van der Waals surface area contributed by atoms with E-state index < -0.39 is 9.50 Å². The first-order valence-electron chi connectivity index (χ1n) is 11.0. The molecule has 0 bridgehead atoms. The summed E-state index contributed by atoms with van der Waals surface area (Å²) in [6.07, 6.45) is 2.54. The van der Waals surface area contributed by atoms with Gasteiger partial charge >= 0.3 is 0 Å². The molecule has 5 rings (SSSR count). The molecule has 1 saturated heterocycles. The van der Waals surface area contributed by atoms with Gasteiger partial charge in [0.2, 0.25) is 0 Å². The maximum atomic E-state index is 11.7. The molecule has 2 aliphatic rings. The third kappa shape index (κ3) is 4.11. The first-order valence-corrected chi connectivity index (χ1v) is 13.7. The summed E-state index contributed by atoms with van der Waals surface area (Å²) in [5.41, 5.74) is 6.94. The molecule has 1 aromatic heterocycles. The van der Waals surface area contributed by atoms with Gasteiger partial charge in [-0.1, -0.05) is 41.4 Å². The summed E-state index contributed by atoms with van der Waals surface area (Å²) >= 11 is 13.5. The Morgan fingerprint density at radius 2 is 1.76 bits per heavy atom. The fourth-order valence-corrected chi connectivity index (χ4v) is 8.31. The zero-order valence-electron chi connectivity index (χ0n) is 18.9. The number of nitrogens with zero attached hydrogens (tertiary/aromatic N) is 3. The second kappa shape index (κ2) is 8.12. The first-order chi connectivity index (χ1) is 15.7. The van der Waals surface area contributed by atoms with Gasteiger partial charge in [0, 0.05) is 13.6 Å². The summed E-state index contributed by atoms with van der Waals surface area (Å²) < 4.78 is 22.3. The Hall–Kier alpha value is -1.87. The number of anilines is 1. The molecule has 0 radical (unpaired) electrons. The Bertz CT molecular complexity index is 1310. The lowest BCUT2D eigenvalue weighted by Gasteiger charge is -2.37. The number of aryl methyl sites for hydroxylation is 2. The zero-order valence-corrected chi connectivity index (χ0v) is 21.3. The van der Waals surface area contributed by atoms with Gasteiger partial charge in [0.25, 0.3) is 0 Å². The van der Waals surface area contributed by atoms with Crippen molar-refractivity contribution in [3.8, 4) is 11.1 Å². The van der Waals surface area contributed by atoms with Crippen molar-refractivity contribution in [1.29, 1.82) is 0 Å². The van der Waals surface area contributed by atoms with Crippen LogP contribution in [0.25, 0.3) is 11.1 Å². The number of aromatic nitrogens is 2. The highest BCUT2D eigenvalue weighted by Gasteiger charge is 2.43. The number of rotatable bonds is 6. The molecule has 2 N–H and O–H groups in total. The highest BCUT2D eigenvalue weighted by atomic mass is 35.5. The maximum absolute atomic E-state index is 11.7. The van der Waals surface area contributed by atoms with E-state index in [9.17, 15) is 4.55 Å². The van der Waals surface area contributed by atoms with Crippen LogP contribution in [0.3, 0.4) is 0 Å². The van der Waals surface area contributed by atoms with E-state index in [1.807, 2.05) is 33.0 Å². The van der Waals surface area contributed by atoms with Crippen LogP contribution in [0.5, 0.6) is 0 Å². The minimum Gasteiger partial charge on any atom is -0.299 e. The predicted molar refractivity (Wildman–Crippen MR) is 138 cm³/mol. The van der Waals surface area contributed by atoms with E-state index in [-0.39, 0.29) is 0 Å². The number of hydrogen-bond donors (Lipinski definition) is 2. The molecule has 0 saturated carbocycles. The standard InChI is InChI=1S/C24H28Cl2N4O2S/c1-16-23(17(2)29(3)27-16)28-33(31,15-32-33)24-21(25)12-20(13-22(24)26)19-8-6-7-18(11-19)14-30-9-4-5-10-30/h6-8,11-13,15,28,31H,4-5,9-10,14H2,1-3H3. The van der Waals surface area contributed by atoms with Crippen LogP contribution in [-0.4, -0.2) is 37.9 Å². The Kier molecular flexibility index (Phi) is 5.63. The maximum Gasteiger partial charge on any atom is 0.157 e. The van der Waals surface area contributed by atoms with E-state index in [2.05, 4.69) is 39.0 Å². The average Bonchev–Trinajstić information content (AvgIpc) is 3.10. The van der Waals surface area contributed by atoms with E-state index in [1.165, 1.54) is 24.0 Å². The monoisotopic (exact) mass is 506 g/mol. The van der Waals surface area contributed by atoms with Gasteiger partial charge < -0.3 is 0 Å². The second-order valence-electron chi connectivity index (χ2n) is 8.88. The molecule has 1 fully saturated rings. The van der Waals surface area contributed by atoms with Crippen molar-refractivity contribution in [2.24, 2.45) is 7.05 Å². The normalized spacial score (nSPS) is 20.1. The summed E-state index contributed by atoms with van der Waals surface area (Å²) in [5, 5.41) is 5.12. The SMILES string of the molecule is Cc1nn(C)c(C)c1NS1(O)(c2c(Cl)cc(-c3cccc(CN4CCCC4)c3)cc2Cl)=CO1. The number of hydrogen-bond acceptors (Lipinski definition) is 5. The molecule has 3 aromatic rings. The van der Waals surface area contributed by atoms with E-state index in [0.29, 0.717) is 20.6 Å². The third-order valence-corrected chi connectivity index (χ3v) is 9.84. The van der Waals surface area contributed by atoms with Gasteiger partial charge in [-0.3, -0.25) is 18.9 Å². The molecule has 33 heavy (non-hydrogen) atoms. The number of benzene rings is 2. The molecule has 9 heteroatoms. The molecular formula is C24H28Cl2N4O2S. The van der Waals surface area contributed by atoms with Crippen molar-refractivity contribution in [3.05, 3.63) is 63.4 Å². The molecule has 3 heterocycles. The van der Waals surface area contributed by atoms with Crippen LogP contribution in [0, 0.1) is 13.8 Å². The molecule has 0 amide bonds. The van der Waals surface area contributed by atoms with Crippen LogP contribution in [-0.2, 0) is 17.8 Å². The first kappa shape index (κ1) is 22.9. The van der Waals surface area contributed by atoms with Crippen LogP contribution in [0.15, 0.2) is 41.3 Å². The summed E-state index contributed by atoms with van der Waals surface area (Å²) in [6, 6.07) is 12.1. The molecule has 6 nitrogen and oxygen atoms in total. The number of nitrogens with one attached hydrogen (secondary N) is 1. The number of halogens is 2. The molecule has 176 valence electrons. The van der Waals surface area contributed by atoms with Gasteiger partial charge in [0.15, 0.2) is 5.55 Å². The fourth-order valence-electron chi connectivity index (χ4n) is 4.52. The van der Waals surface area contributed by atoms with Gasteiger partial charge in [-0.2, -0.15) is 5.10 Å². The summed E-state index contributed by atoms with van der Waals surface area (Å²) in [7, 11) is -1.91. The molecule has 0 aliphatic carbocycles. The molecule has 0 atom stereocenters. The molecular weight excluding hydrogens is 479 g/mol. The van der Waals surface area contributed by atoms with E-state index in [4.69, 9.17) is 27.4 Å². The smallest absolute Gasteiger partial charge is 0.157 e. The number of likely N-dealkylation sites (tertiary alicyclic amines) is 1. The van der Waals surface area contributed by atoms with Gasteiger partial charge in [0.1, 0.15) is 4.90 Å². The summed E-state index contributed by atoms with van der Waals surface area (Å²) in [6.45, 7) is 7.04. The lowest BCUT2D eigenvalue weighted by molar-refractivity contribution is 0.331. The highest BCUT2D eigenvalue weighted by molar-refractivity contribution is 8.45. The van der Waals surface area contributed by atoms with Crippen molar-refractivity contribution in [2.45, 2.75) is 38.1 Å². The molecule has 2 aromatic carbocycles. The highest BCUT2D eigenvalue weighted by Crippen LogP contribution is 2.74. The van der Waals surface area contributed by atoms with Crippen molar-refractivity contribution < 1.29 is 8.74 Å². The van der Waals surface area contributed by atoms with Crippen molar-refractivity contribution in [3.63, 3.8) is 0 Å². The average molecular weight is 507 g/mol. The predicted octanol–water partition coefficient (Wildman–Crippen LogP) is 6.51. The quantitative estimate of drug-likeness (QED) is 0.373. The Balaban J connectivity index is 1.49. The van der Waals surface area contributed by atoms with E-state index in [0.717, 1.165) is 42.1 Å². The summed E-state index contributed by atoms with van der Waals surface area (Å²) in [4.78, 5) is 2.84. The van der Waals surface area contributed by atoms with Crippen LogP contribution in [0.4, 0.5) is 5.69 Å². The largest absolute Gasteiger partial charge is 0.299 e. The van der Waals surface area contributed by atoms with Crippen LogP contribution >= 0.6 is 32.7 Å². The molecule has 0 unspecified atom stereocenters. The van der Waals surface area contributed by atoms with E-state index in [1.54, 1.807) is 4.68 Å². The van der Waals surface area contributed by atoms with Crippen LogP contribution < -0.4 is 4.72 Å². The fraction of sp³-hybridized carbons (Fsp3) is 0.333. The van der Waals surface area contributed by atoms with Crippen molar-refractivity contribution in [1.82, 2.24) is 14.7 Å². The molecule has 0 spiro atoms. The Morgan fingerprint density at radius 1 is 1.09 bits per heavy atom. The minimum absolute atomic E-state index is 0.354. The van der Waals surface area contributed by atoms with Crippen molar-refractivity contribution >= 4 is 43.9 Å². The van der Waals surface area contributed by atoms with Crippen LogP contribution in [0.1, 0.15) is 29.8 Å². The van der Waals surface area contributed by atoms with Gasteiger partial charge in [-0.25, -0.2) is 4.18 Å². The lowest BCUT2D eigenvalue weighted by atomic mass is 10.0.